The molecule has 1 N–H and O–H groups in total. The maximum Gasteiger partial charge on any atom is 0.103 e. The van der Waals surface area contributed by atoms with E-state index in [9.17, 15) is 0 Å². The molecule has 0 unspecified atom stereocenters. The average Bonchev–Trinajstić information content (AvgIpc) is 2.17. The van der Waals surface area contributed by atoms with Crippen molar-refractivity contribution in [2.24, 2.45) is 5.92 Å². The zero-order valence-corrected chi connectivity index (χ0v) is 9.80. The molecule has 0 atom stereocenters. The molecular formula is C12H15ClN2. The Labute approximate surface area is 95.9 Å². The maximum atomic E-state index is 8.93. The molecule has 0 heterocycles. The molecule has 0 aliphatic carbocycles. The van der Waals surface area contributed by atoms with Crippen LogP contribution in [0, 0.1) is 17.2 Å². The number of benzene rings is 1. The van der Waals surface area contributed by atoms with Crippen LogP contribution in [0.15, 0.2) is 18.2 Å². The van der Waals surface area contributed by atoms with Crippen molar-refractivity contribution in [1.82, 2.24) is 0 Å². The van der Waals surface area contributed by atoms with Crippen LogP contribution in [-0.2, 0) is 0 Å². The molecule has 0 aliphatic heterocycles. The van der Waals surface area contributed by atoms with E-state index in [1.165, 1.54) is 0 Å². The molecule has 0 aromatic heterocycles. The molecule has 0 aliphatic rings. The lowest BCUT2D eigenvalue weighted by molar-refractivity contribution is 0.607. The first-order chi connectivity index (χ1) is 7.15. The summed E-state index contributed by atoms with van der Waals surface area (Å²) < 4.78 is 0. The Hall–Kier alpha value is -1.20. The van der Waals surface area contributed by atoms with Gasteiger partial charge >= 0.3 is 0 Å². The molecule has 3 heteroatoms. The fourth-order valence-electron chi connectivity index (χ4n) is 1.28. The lowest BCUT2D eigenvalue weighted by Crippen LogP contribution is -2.06. The van der Waals surface area contributed by atoms with Gasteiger partial charge in [-0.1, -0.05) is 31.5 Å². The van der Waals surface area contributed by atoms with E-state index < -0.39 is 0 Å². The number of hydrogen-bond donors (Lipinski definition) is 1. The topological polar surface area (TPSA) is 35.8 Å². The molecule has 80 valence electrons. The van der Waals surface area contributed by atoms with Crippen molar-refractivity contribution in [3.05, 3.63) is 28.8 Å². The second-order valence-electron chi connectivity index (χ2n) is 3.88. The number of nitriles is 1. The monoisotopic (exact) mass is 222 g/mol. The van der Waals surface area contributed by atoms with Gasteiger partial charge in [0.05, 0.1) is 16.3 Å². The van der Waals surface area contributed by atoms with E-state index in [4.69, 9.17) is 16.9 Å². The summed E-state index contributed by atoms with van der Waals surface area (Å²) in [5.74, 6) is 0.655. The average molecular weight is 223 g/mol. The van der Waals surface area contributed by atoms with Crippen LogP contribution in [0.25, 0.3) is 0 Å². The van der Waals surface area contributed by atoms with Gasteiger partial charge in [0.1, 0.15) is 6.07 Å². The molecule has 0 fully saturated rings. The van der Waals surface area contributed by atoms with Crippen molar-refractivity contribution >= 4 is 17.3 Å². The molecule has 15 heavy (non-hydrogen) atoms. The van der Waals surface area contributed by atoms with Gasteiger partial charge in [-0.2, -0.15) is 5.26 Å². The summed E-state index contributed by atoms with van der Waals surface area (Å²) in [4.78, 5) is 0. The van der Waals surface area contributed by atoms with Crippen LogP contribution in [-0.4, -0.2) is 6.54 Å². The molecule has 0 radical (unpaired) electrons. The first kappa shape index (κ1) is 11.9. The Kier molecular flexibility index (Phi) is 4.45. The number of hydrogen-bond acceptors (Lipinski definition) is 2. The second-order valence-corrected chi connectivity index (χ2v) is 4.29. The van der Waals surface area contributed by atoms with Gasteiger partial charge in [-0.05, 0) is 24.5 Å². The van der Waals surface area contributed by atoms with Crippen molar-refractivity contribution in [3.63, 3.8) is 0 Å². The Morgan fingerprint density at radius 1 is 1.47 bits per heavy atom. The third-order valence-electron chi connectivity index (χ3n) is 2.16. The highest BCUT2D eigenvalue weighted by Crippen LogP contribution is 2.23. The third kappa shape index (κ3) is 3.45. The quantitative estimate of drug-likeness (QED) is 0.844. The molecule has 0 amide bonds. The van der Waals surface area contributed by atoms with Gasteiger partial charge in [-0.15, -0.1) is 0 Å². The number of nitrogens with one attached hydrogen (secondary N) is 1. The summed E-state index contributed by atoms with van der Waals surface area (Å²) in [6, 6.07) is 7.57. The zero-order chi connectivity index (χ0) is 11.3. The van der Waals surface area contributed by atoms with Gasteiger partial charge in [0.25, 0.3) is 0 Å². The SMILES string of the molecule is CC(C)CCNc1cccc(Cl)c1C#N. The molecule has 2 nitrogen and oxygen atoms in total. The largest absolute Gasteiger partial charge is 0.384 e. The van der Waals surface area contributed by atoms with E-state index in [-0.39, 0.29) is 0 Å². The second kappa shape index (κ2) is 5.63. The number of nitrogens with zero attached hydrogens (tertiary/aromatic N) is 1. The fraction of sp³-hybridized carbons (Fsp3) is 0.417. The number of rotatable bonds is 4. The van der Waals surface area contributed by atoms with Crippen LogP contribution in [0.2, 0.25) is 5.02 Å². The summed E-state index contributed by atoms with van der Waals surface area (Å²) in [5, 5.41) is 12.7. The Bertz CT molecular complexity index is 366. The predicted octanol–water partition coefficient (Wildman–Crippen LogP) is 3.67. The van der Waals surface area contributed by atoms with Crippen molar-refractivity contribution in [2.45, 2.75) is 20.3 Å². The maximum absolute atomic E-state index is 8.93. The minimum absolute atomic E-state index is 0.507. The van der Waals surface area contributed by atoms with Crippen molar-refractivity contribution in [1.29, 1.82) is 5.26 Å². The minimum Gasteiger partial charge on any atom is -0.384 e. The van der Waals surface area contributed by atoms with E-state index >= 15 is 0 Å². The summed E-state index contributed by atoms with van der Waals surface area (Å²) >= 11 is 5.91. The van der Waals surface area contributed by atoms with Crippen LogP contribution in [0.1, 0.15) is 25.8 Å². The van der Waals surface area contributed by atoms with E-state index in [0.29, 0.717) is 16.5 Å². The highest BCUT2D eigenvalue weighted by molar-refractivity contribution is 6.32. The predicted molar refractivity (Wildman–Crippen MR) is 64.1 cm³/mol. The van der Waals surface area contributed by atoms with E-state index in [0.717, 1.165) is 18.7 Å². The Morgan fingerprint density at radius 3 is 2.80 bits per heavy atom. The van der Waals surface area contributed by atoms with Crippen LogP contribution in [0.3, 0.4) is 0 Å². The van der Waals surface area contributed by atoms with Crippen molar-refractivity contribution in [2.75, 3.05) is 11.9 Å². The van der Waals surface area contributed by atoms with Gasteiger partial charge in [-0.25, -0.2) is 0 Å². The van der Waals surface area contributed by atoms with Gasteiger partial charge in [0.2, 0.25) is 0 Å². The Morgan fingerprint density at radius 2 is 2.20 bits per heavy atom. The van der Waals surface area contributed by atoms with Crippen LogP contribution in [0.5, 0.6) is 0 Å². The molecule has 1 rings (SSSR count). The highest BCUT2D eigenvalue weighted by Gasteiger charge is 2.05. The first-order valence-electron chi connectivity index (χ1n) is 5.07. The Balaban J connectivity index is 2.69. The van der Waals surface area contributed by atoms with E-state index in [2.05, 4.69) is 25.2 Å². The lowest BCUT2D eigenvalue weighted by Gasteiger charge is -2.10. The summed E-state index contributed by atoms with van der Waals surface area (Å²) in [7, 11) is 0. The van der Waals surface area contributed by atoms with Crippen LogP contribution < -0.4 is 5.32 Å². The van der Waals surface area contributed by atoms with Gasteiger partial charge in [0, 0.05) is 6.54 Å². The normalized spacial score (nSPS) is 10.1. The third-order valence-corrected chi connectivity index (χ3v) is 2.48. The minimum atomic E-state index is 0.507. The summed E-state index contributed by atoms with van der Waals surface area (Å²) in [6.07, 6.45) is 1.08. The van der Waals surface area contributed by atoms with Crippen molar-refractivity contribution < 1.29 is 0 Å². The molecule has 0 bridgehead atoms. The molecular weight excluding hydrogens is 208 g/mol. The molecule has 1 aromatic rings. The highest BCUT2D eigenvalue weighted by atomic mass is 35.5. The summed E-state index contributed by atoms with van der Waals surface area (Å²) in [5.41, 5.74) is 1.36. The van der Waals surface area contributed by atoms with E-state index in [1.54, 1.807) is 6.07 Å². The van der Waals surface area contributed by atoms with Gasteiger partial charge in [0.15, 0.2) is 0 Å². The number of anilines is 1. The lowest BCUT2D eigenvalue weighted by atomic mass is 10.1. The fourth-order valence-corrected chi connectivity index (χ4v) is 1.50. The first-order valence-corrected chi connectivity index (χ1v) is 5.45. The molecule has 0 saturated carbocycles. The van der Waals surface area contributed by atoms with Crippen LogP contribution in [0.4, 0.5) is 5.69 Å². The zero-order valence-electron chi connectivity index (χ0n) is 9.05. The molecule has 0 saturated heterocycles. The van der Waals surface area contributed by atoms with Gasteiger partial charge < -0.3 is 5.32 Å². The van der Waals surface area contributed by atoms with Crippen molar-refractivity contribution in [3.8, 4) is 6.07 Å². The van der Waals surface area contributed by atoms with E-state index in [1.807, 2.05) is 12.1 Å². The van der Waals surface area contributed by atoms with Gasteiger partial charge in [-0.3, -0.25) is 0 Å². The number of halogens is 1. The molecule has 0 spiro atoms. The smallest absolute Gasteiger partial charge is 0.103 e. The summed E-state index contributed by atoms with van der Waals surface area (Å²) in [6.45, 7) is 5.21. The standard InChI is InChI=1S/C12H15ClN2/c1-9(2)6-7-15-12-5-3-4-11(13)10(12)8-14/h3-5,9,15H,6-7H2,1-2H3. The van der Waals surface area contributed by atoms with Crippen LogP contribution >= 0.6 is 11.6 Å². The molecule has 1 aromatic carbocycles.